The third-order valence-corrected chi connectivity index (χ3v) is 0. The fraction of sp³-hybridized carbons (Fsp3) is 0.250. The molecule has 0 spiro atoms. The van der Waals surface area contributed by atoms with Crippen LogP contribution in [-0.2, 0) is 0 Å². The standard InChI is InChI=1S/C3H6.CH3.2K/c1-3-2;;;/h1-3H2;1H3;;/q-2;-1;2*+1. The second-order valence-electron chi connectivity index (χ2n) is 0.354. The van der Waals surface area contributed by atoms with Crippen LogP contribution < -0.4 is 103 Å². The van der Waals surface area contributed by atoms with Crippen molar-refractivity contribution in [2.75, 3.05) is 0 Å². The maximum Gasteiger partial charge on any atom is 1.00 e. The normalized spacial score (nSPS) is 3.00. The van der Waals surface area contributed by atoms with Gasteiger partial charge in [-0.3, -0.25) is 0 Å². The van der Waals surface area contributed by atoms with Gasteiger partial charge in [0.2, 0.25) is 0 Å². The van der Waals surface area contributed by atoms with Crippen molar-refractivity contribution in [2.24, 2.45) is 0 Å². The van der Waals surface area contributed by atoms with Crippen LogP contribution in [0.3, 0.4) is 0 Å². The van der Waals surface area contributed by atoms with E-state index in [2.05, 4.69) is 13.8 Å². The summed E-state index contributed by atoms with van der Waals surface area (Å²) in [5.74, 6) is 0. The van der Waals surface area contributed by atoms with E-state index in [1.54, 1.807) is 0 Å². The van der Waals surface area contributed by atoms with E-state index in [0.29, 0.717) is 0 Å². The van der Waals surface area contributed by atoms with E-state index in [-0.39, 0.29) is 110 Å². The first-order valence-corrected chi connectivity index (χ1v) is 1.000. The van der Waals surface area contributed by atoms with E-state index in [1.807, 2.05) is 0 Å². The first kappa shape index (κ1) is 22.8. The predicted octanol–water partition coefficient (Wildman–Crippen LogP) is -4.50. The van der Waals surface area contributed by atoms with Crippen molar-refractivity contribution >= 4 is 0 Å². The first-order chi connectivity index (χ1) is 1.41. The summed E-state index contributed by atoms with van der Waals surface area (Å²) >= 11 is 0. The Morgan fingerprint density at radius 1 is 1.00 bits per heavy atom. The summed E-state index contributed by atoms with van der Waals surface area (Å²) in [5.41, 5.74) is 0. The van der Waals surface area contributed by atoms with Crippen LogP contribution in [0.2, 0.25) is 0 Å². The molecule has 0 bridgehead atoms. The molecule has 0 nitrogen and oxygen atoms in total. The quantitative estimate of drug-likeness (QED) is 0.232. The summed E-state index contributed by atoms with van der Waals surface area (Å²) in [7, 11) is 0. The minimum absolute atomic E-state index is 0. The summed E-state index contributed by atoms with van der Waals surface area (Å²) in [6.45, 7) is 6.75. The monoisotopic (exact) mass is 135 g/mol. The predicted molar refractivity (Wildman–Crippen MR) is 21.7 cm³/mol. The molecule has 0 aliphatic rings. The van der Waals surface area contributed by atoms with Gasteiger partial charge in [-0.05, 0) is 0 Å². The molecule has 2 heteroatoms. The molecule has 0 saturated heterocycles. The topological polar surface area (TPSA) is 0 Å². The molecule has 28 valence electrons. The summed E-state index contributed by atoms with van der Waals surface area (Å²) in [4.78, 5) is 0. The maximum atomic E-state index is 3.38. The average molecular weight is 135 g/mol. The summed E-state index contributed by atoms with van der Waals surface area (Å²) < 4.78 is 0. The molecule has 0 aromatic heterocycles. The molecule has 0 atom stereocenters. The van der Waals surface area contributed by atoms with Gasteiger partial charge in [0.25, 0.3) is 0 Å². The van der Waals surface area contributed by atoms with Crippen LogP contribution in [0, 0.1) is 21.3 Å². The van der Waals surface area contributed by atoms with Gasteiger partial charge in [0.15, 0.2) is 0 Å². The summed E-state index contributed by atoms with van der Waals surface area (Å²) in [6, 6.07) is 0. The van der Waals surface area contributed by atoms with E-state index >= 15 is 0 Å². The molecular formula is C4H9K2-. The Hall–Kier alpha value is 3.27. The largest absolute Gasteiger partial charge is 1.00 e. The third kappa shape index (κ3) is 26.7. The second kappa shape index (κ2) is 24.0. The van der Waals surface area contributed by atoms with Crippen LogP contribution in [0.4, 0.5) is 0 Å². The molecule has 0 heterocycles. The van der Waals surface area contributed by atoms with Gasteiger partial charge in [0.05, 0.1) is 0 Å². The molecule has 0 N–H and O–H groups in total. The Labute approximate surface area is 127 Å². The first-order valence-electron chi connectivity index (χ1n) is 1.000. The van der Waals surface area contributed by atoms with Gasteiger partial charge in [-0.25, -0.2) is 0 Å². The minimum Gasteiger partial charge on any atom is -0.372 e. The van der Waals surface area contributed by atoms with E-state index in [0.717, 1.165) is 6.42 Å². The van der Waals surface area contributed by atoms with Crippen molar-refractivity contribution in [3.63, 3.8) is 0 Å². The second-order valence-corrected chi connectivity index (χ2v) is 0.354. The molecule has 0 aliphatic heterocycles. The van der Waals surface area contributed by atoms with Gasteiger partial charge in [0.1, 0.15) is 0 Å². The van der Waals surface area contributed by atoms with Crippen molar-refractivity contribution in [3.8, 4) is 0 Å². The zero-order chi connectivity index (χ0) is 2.71. The molecule has 0 fully saturated rings. The molecule has 0 saturated carbocycles. The minimum atomic E-state index is 0. The van der Waals surface area contributed by atoms with Gasteiger partial charge in [0, 0.05) is 0 Å². The summed E-state index contributed by atoms with van der Waals surface area (Å²) in [5, 5.41) is 0. The molecule has 0 unspecified atom stereocenters. The van der Waals surface area contributed by atoms with Crippen LogP contribution in [0.5, 0.6) is 0 Å². The Morgan fingerprint density at radius 3 is 1.00 bits per heavy atom. The number of rotatable bonds is 0. The average Bonchev–Trinajstić information content (AvgIpc) is 0.918. The number of hydrogen-bond donors (Lipinski definition) is 0. The van der Waals surface area contributed by atoms with Crippen molar-refractivity contribution in [3.05, 3.63) is 21.3 Å². The van der Waals surface area contributed by atoms with Crippen LogP contribution in [-0.4, -0.2) is 0 Å². The molecule has 0 aromatic rings. The van der Waals surface area contributed by atoms with E-state index in [9.17, 15) is 0 Å². The van der Waals surface area contributed by atoms with Crippen LogP contribution in [0.25, 0.3) is 0 Å². The molecule has 0 rings (SSSR count). The van der Waals surface area contributed by atoms with Crippen molar-refractivity contribution in [1.29, 1.82) is 0 Å². The molecule has 0 amide bonds. The maximum absolute atomic E-state index is 3.38. The van der Waals surface area contributed by atoms with Gasteiger partial charge >= 0.3 is 103 Å². The Bertz CT molecular complexity index is 5.51. The zero-order valence-electron chi connectivity index (χ0n) is 5.12. The number of hydrogen-bond acceptors (Lipinski definition) is 0. The van der Waals surface area contributed by atoms with Crippen molar-refractivity contribution < 1.29 is 103 Å². The van der Waals surface area contributed by atoms with Crippen molar-refractivity contribution in [1.82, 2.24) is 0 Å². The Balaban J connectivity index is -0.00000000667. The van der Waals surface area contributed by atoms with Crippen LogP contribution >= 0.6 is 0 Å². The fourth-order valence-electron chi connectivity index (χ4n) is 0. The Kier molecular flexibility index (Phi) is 91.2. The SMILES string of the molecule is [CH2-]C[CH2-].[CH3-].[K+].[K+]. The third-order valence-electron chi connectivity index (χ3n) is 0. The smallest absolute Gasteiger partial charge is 0.372 e. The molecule has 0 radical (unpaired) electrons. The van der Waals surface area contributed by atoms with Crippen LogP contribution in [0.15, 0.2) is 0 Å². The van der Waals surface area contributed by atoms with E-state index in [4.69, 9.17) is 0 Å². The fourth-order valence-corrected chi connectivity index (χ4v) is 0. The van der Waals surface area contributed by atoms with Gasteiger partial charge < -0.3 is 27.7 Å². The van der Waals surface area contributed by atoms with Gasteiger partial charge in [-0.2, -0.15) is 0 Å². The Morgan fingerprint density at radius 2 is 1.00 bits per heavy atom. The van der Waals surface area contributed by atoms with Crippen molar-refractivity contribution in [2.45, 2.75) is 6.42 Å². The molecular weight excluding hydrogens is 126 g/mol. The van der Waals surface area contributed by atoms with Gasteiger partial charge in [-0.15, -0.1) is 0 Å². The molecule has 6 heavy (non-hydrogen) atoms. The summed E-state index contributed by atoms with van der Waals surface area (Å²) in [6.07, 6.45) is 0.750. The molecule has 0 aliphatic carbocycles. The van der Waals surface area contributed by atoms with E-state index < -0.39 is 0 Å². The van der Waals surface area contributed by atoms with Gasteiger partial charge in [-0.1, -0.05) is 0 Å². The van der Waals surface area contributed by atoms with Crippen LogP contribution in [0.1, 0.15) is 6.42 Å². The molecule has 0 aromatic carbocycles. The zero-order valence-corrected chi connectivity index (χ0v) is 11.4. The van der Waals surface area contributed by atoms with E-state index in [1.165, 1.54) is 0 Å².